The lowest BCUT2D eigenvalue weighted by Crippen LogP contribution is -2.49. The number of benzene rings is 1. The first-order chi connectivity index (χ1) is 13.5. The molecule has 1 saturated heterocycles. The lowest BCUT2D eigenvalue weighted by Gasteiger charge is -2.34. The van der Waals surface area contributed by atoms with Crippen LogP contribution < -0.4 is 10.2 Å². The van der Waals surface area contributed by atoms with E-state index in [9.17, 15) is 4.79 Å². The number of carbonyl (C=O) groups excluding carboxylic acids is 1. The predicted molar refractivity (Wildman–Crippen MR) is 108 cm³/mol. The van der Waals surface area contributed by atoms with Crippen molar-refractivity contribution in [1.82, 2.24) is 29.9 Å². The van der Waals surface area contributed by atoms with Crippen molar-refractivity contribution in [3.8, 4) is 0 Å². The zero-order valence-electron chi connectivity index (χ0n) is 15.1. The predicted octanol–water partition coefficient (Wildman–Crippen LogP) is 1.83. The maximum atomic E-state index is 12.3. The first-order valence-corrected chi connectivity index (χ1v) is 9.49. The van der Waals surface area contributed by atoms with Gasteiger partial charge >= 0.3 is 0 Å². The molecular formula is C17H18Cl2N8O. The van der Waals surface area contributed by atoms with Crippen LogP contribution in [0, 0.1) is 0 Å². The molecule has 1 amide bonds. The average Bonchev–Trinajstić information content (AvgIpc) is 3.07. The average molecular weight is 421 g/mol. The molecule has 1 N–H and O–H groups in total. The number of halogens is 2. The van der Waals surface area contributed by atoms with E-state index in [1.807, 2.05) is 0 Å². The first kappa shape index (κ1) is 18.9. The SMILES string of the molecule is Cn1nnc2c(N3CCN(CC(=O)Nc4ccc(Cl)c(Cl)c4)CC3)ncnc21. The summed E-state index contributed by atoms with van der Waals surface area (Å²) in [4.78, 5) is 25.2. The number of hydrogen-bond acceptors (Lipinski definition) is 7. The third-order valence-corrected chi connectivity index (χ3v) is 5.35. The number of carbonyl (C=O) groups is 1. The third-order valence-electron chi connectivity index (χ3n) is 4.61. The van der Waals surface area contributed by atoms with E-state index in [0.717, 1.165) is 32.0 Å². The molecule has 1 aliphatic rings. The summed E-state index contributed by atoms with van der Waals surface area (Å²) < 4.78 is 1.63. The lowest BCUT2D eigenvalue weighted by atomic mass is 10.3. The third kappa shape index (κ3) is 3.87. The molecule has 9 nitrogen and oxygen atoms in total. The Balaban J connectivity index is 1.35. The van der Waals surface area contributed by atoms with E-state index in [4.69, 9.17) is 23.2 Å². The summed E-state index contributed by atoms with van der Waals surface area (Å²) in [6.07, 6.45) is 1.53. The van der Waals surface area contributed by atoms with Gasteiger partial charge in [0.1, 0.15) is 6.33 Å². The highest BCUT2D eigenvalue weighted by Crippen LogP contribution is 2.25. The van der Waals surface area contributed by atoms with Crippen LogP contribution in [0.4, 0.5) is 11.5 Å². The second-order valence-electron chi connectivity index (χ2n) is 6.52. The zero-order valence-corrected chi connectivity index (χ0v) is 16.7. The fourth-order valence-electron chi connectivity index (χ4n) is 3.17. The van der Waals surface area contributed by atoms with Gasteiger partial charge in [0.25, 0.3) is 0 Å². The number of nitrogens with zero attached hydrogens (tertiary/aromatic N) is 7. The Bertz CT molecular complexity index is 1020. The highest BCUT2D eigenvalue weighted by Gasteiger charge is 2.23. The van der Waals surface area contributed by atoms with Gasteiger partial charge in [-0.15, -0.1) is 5.10 Å². The molecule has 0 unspecified atom stereocenters. The monoisotopic (exact) mass is 420 g/mol. The van der Waals surface area contributed by atoms with Gasteiger partial charge in [-0.1, -0.05) is 28.4 Å². The standard InChI is InChI=1S/C17H18Cl2N8O/c1-25-16-15(23-24-25)17(21-10-20-16)27-6-4-26(5-7-27)9-14(28)22-11-2-3-12(18)13(19)8-11/h2-3,8,10H,4-7,9H2,1H3,(H,22,28). The molecule has 4 rings (SSSR count). The number of fused-ring (bicyclic) bond motifs is 1. The van der Waals surface area contributed by atoms with Crippen molar-refractivity contribution < 1.29 is 4.79 Å². The Kier molecular flexibility index (Phi) is 5.29. The Labute approximate surface area is 171 Å². The zero-order chi connectivity index (χ0) is 19.7. The Morgan fingerprint density at radius 2 is 1.93 bits per heavy atom. The molecule has 146 valence electrons. The second kappa shape index (κ2) is 7.86. The second-order valence-corrected chi connectivity index (χ2v) is 7.34. The number of rotatable bonds is 4. The summed E-state index contributed by atoms with van der Waals surface area (Å²) in [6.45, 7) is 3.25. The fourth-order valence-corrected chi connectivity index (χ4v) is 3.47. The largest absolute Gasteiger partial charge is 0.352 e. The van der Waals surface area contributed by atoms with Crippen molar-refractivity contribution in [1.29, 1.82) is 0 Å². The van der Waals surface area contributed by atoms with E-state index in [1.54, 1.807) is 29.9 Å². The molecule has 1 aromatic carbocycles. The van der Waals surface area contributed by atoms with Crippen LogP contribution in [0.1, 0.15) is 0 Å². The summed E-state index contributed by atoms with van der Waals surface area (Å²) in [6, 6.07) is 5.03. The maximum absolute atomic E-state index is 12.3. The Morgan fingerprint density at radius 1 is 1.14 bits per heavy atom. The van der Waals surface area contributed by atoms with Crippen LogP contribution in [0.25, 0.3) is 11.2 Å². The molecule has 2 aromatic heterocycles. The molecule has 11 heteroatoms. The molecule has 0 radical (unpaired) electrons. The van der Waals surface area contributed by atoms with Crippen molar-refractivity contribution in [2.24, 2.45) is 7.05 Å². The van der Waals surface area contributed by atoms with Gasteiger partial charge in [0.15, 0.2) is 17.0 Å². The molecule has 3 heterocycles. The van der Waals surface area contributed by atoms with Gasteiger partial charge in [-0.05, 0) is 18.2 Å². The summed E-state index contributed by atoms with van der Waals surface area (Å²) in [5.74, 6) is 0.684. The van der Waals surface area contributed by atoms with E-state index in [2.05, 4.69) is 35.4 Å². The molecule has 1 aliphatic heterocycles. The minimum atomic E-state index is -0.0924. The van der Waals surface area contributed by atoms with Gasteiger partial charge in [-0.25, -0.2) is 14.6 Å². The molecular weight excluding hydrogens is 403 g/mol. The summed E-state index contributed by atoms with van der Waals surface area (Å²) >= 11 is 11.9. The molecule has 28 heavy (non-hydrogen) atoms. The number of nitrogens with one attached hydrogen (secondary N) is 1. The molecule has 0 bridgehead atoms. The van der Waals surface area contributed by atoms with Crippen molar-refractivity contribution >= 4 is 51.8 Å². The normalized spacial score (nSPS) is 15.2. The van der Waals surface area contributed by atoms with Crippen LogP contribution in [0.2, 0.25) is 10.0 Å². The van der Waals surface area contributed by atoms with Gasteiger partial charge in [-0.3, -0.25) is 9.69 Å². The number of aryl methyl sites for hydroxylation is 1. The summed E-state index contributed by atoms with van der Waals surface area (Å²) in [5, 5.41) is 11.9. The lowest BCUT2D eigenvalue weighted by molar-refractivity contribution is -0.117. The van der Waals surface area contributed by atoms with Crippen molar-refractivity contribution in [3.05, 3.63) is 34.6 Å². The first-order valence-electron chi connectivity index (χ1n) is 8.74. The van der Waals surface area contributed by atoms with Crippen LogP contribution in [0.5, 0.6) is 0 Å². The van der Waals surface area contributed by atoms with Crippen LogP contribution >= 0.6 is 23.2 Å². The Morgan fingerprint density at radius 3 is 2.68 bits per heavy atom. The van der Waals surface area contributed by atoms with Crippen LogP contribution in [0.3, 0.4) is 0 Å². The minimum absolute atomic E-state index is 0.0924. The smallest absolute Gasteiger partial charge is 0.238 e. The quantitative estimate of drug-likeness (QED) is 0.687. The molecule has 0 aliphatic carbocycles. The van der Waals surface area contributed by atoms with Gasteiger partial charge < -0.3 is 10.2 Å². The van der Waals surface area contributed by atoms with Crippen molar-refractivity contribution in [2.75, 3.05) is 42.9 Å². The number of hydrogen-bond donors (Lipinski definition) is 1. The van der Waals surface area contributed by atoms with E-state index in [0.29, 0.717) is 33.4 Å². The highest BCUT2D eigenvalue weighted by molar-refractivity contribution is 6.42. The number of aromatic nitrogens is 5. The van der Waals surface area contributed by atoms with E-state index in [-0.39, 0.29) is 5.91 Å². The van der Waals surface area contributed by atoms with Crippen molar-refractivity contribution in [3.63, 3.8) is 0 Å². The van der Waals surface area contributed by atoms with Gasteiger partial charge in [0.05, 0.1) is 16.6 Å². The number of anilines is 2. The van der Waals surface area contributed by atoms with Crippen LogP contribution in [-0.2, 0) is 11.8 Å². The minimum Gasteiger partial charge on any atom is -0.352 e. The van der Waals surface area contributed by atoms with E-state index >= 15 is 0 Å². The highest BCUT2D eigenvalue weighted by atomic mass is 35.5. The summed E-state index contributed by atoms with van der Waals surface area (Å²) in [5.41, 5.74) is 2.02. The number of amides is 1. The molecule has 3 aromatic rings. The summed E-state index contributed by atoms with van der Waals surface area (Å²) in [7, 11) is 1.80. The fraction of sp³-hybridized carbons (Fsp3) is 0.353. The Hall–Kier alpha value is -2.49. The van der Waals surface area contributed by atoms with Crippen LogP contribution in [0.15, 0.2) is 24.5 Å². The van der Waals surface area contributed by atoms with E-state index in [1.165, 1.54) is 6.33 Å². The van der Waals surface area contributed by atoms with Gasteiger partial charge in [0, 0.05) is 38.9 Å². The molecule has 0 spiro atoms. The molecule has 0 saturated carbocycles. The van der Waals surface area contributed by atoms with Gasteiger partial charge in [0.2, 0.25) is 5.91 Å². The maximum Gasteiger partial charge on any atom is 0.238 e. The number of piperazine rings is 1. The van der Waals surface area contributed by atoms with E-state index < -0.39 is 0 Å². The molecule has 0 atom stereocenters. The topological polar surface area (TPSA) is 92.1 Å². The van der Waals surface area contributed by atoms with Crippen molar-refractivity contribution in [2.45, 2.75) is 0 Å². The van der Waals surface area contributed by atoms with Gasteiger partial charge in [-0.2, -0.15) is 0 Å². The molecule has 1 fully saturated rings. The van der Waals surface area contributed by atoms with Crippen LogP contribution in [-0.4, -0.2) is 68.5 Å².